The Morgan fingerprint density at radius 3 is 2.79 bits per heavy atom. The molecule has 1 aliphatic heterocycles. The molecule has 0 bridgehead atoms. The average Bonchev–Trinajstić information content (AvgIpc) is 2.28. The molecule has 1 aliphatic rings. The number of carboxylic acids is 1. The Kier molecular flexibility index (Phi) is 3.37. The van der Waals surface area contributed by atoms with Crippen LogP contribution in [-0.4, -0.2) is 34.1 Å². The van der Waals surface area contributed by atoms with Crippen molar-refractivity contribution >= 4 is 17.5 Å². The molecule has 2 heterocycles. The highest BCUT2D eigenvalue weighted by Gasteiger charge is 2.37. The fraction of sp³-hybridized carbons (Fsp3) is 0.500. The summed E-state index contributed by atoms with van der Waals surface area (Å²) in [4.78, 5) is 27.2. The van der Waals surface area contributed by atoms with Gasteiger partial charge in [0.2, 0.25) is 5.82 Å². The number of carboxylic acid groups (broad SMARTS) is 1. The van der Waals surface area contributed by atoms with E-state index in [1.54, 1.807) is 24.9 Å². The van der Waals surface area contributed by atoms with E-state index < -0.39 is 16.8 Å². The summed E-state index contributed by atoms with van der Waals surface area (Å²) < 4.78 is 0. The van der Waals surface area contributed by atoms with Crippen molar-refractivity contribution in [2.24, 2.45) is 11.8 Å². The third-order valence-corrected chi connectivity index (χ3v) is 3.49. The minimum atomic E-state index is -0.837. The van der Waals surface area contributed by atoms with Gasteiger partial charge in [0.05, 0.1) is 10.8 Å². The Bertz CT molecular complexity index is 526. The maximum absolute atomic E-state index is 11.0. The molecule has 0 aliphatic carbocycles. The summed E-state index contributed by atoms with van der Waals surface area (Å²) in [5.74, 6) is -0.943. The predicted molar refractivity (Wildman–Crippen MR) is 68.1 cm³/mol. The van der Waals surface area contributed by atoms with Crippen LogP contribution in [0.4, 0.5) is 11.5 Å². The monoisotopic (exact) mass is 265 g/mol. The highest BCUT2D eigenvalue weighted by Crippen LogP contribution is 2.34. The summed E-state index contributed by atoms with van der Waals surface area (Å²) in [6, 6.07) is 1.48. The second kappa shape index (κ2) is 4.83. The van der Waals surface area contributed by atoms with Crippen LogP contribution in [0.3, 0.4) is 0 Å². The van der Waals surface area contributed by atoms with E-state index in [1.807, 2.05) is 0 Å². The third kappa shape index (κ3) is 2.49. The fourth-order valence-electron chi connectivity index (χ4n) is 2.13. The van der Waals surface area contributed by atoms with E-state index in [4.69, 9.17) is 5.11 Å². The van der Waals surface area contributed by atoms with Crippen LogP contribution in [0, 0.1) is 28.9 Å². The van der Waals surface area contributed by atoms with Crippen LogP contribution >= 0.6 is 0 Å². The Balaban J connectivity index is 2.14. The van der Waals surface area contributed by atoms with Crippen molar-refractivity contribution in [3.8, 4) is 0 Å². The number of aliphatic carboxylic acids is 1. The van der Waals surface area contributed by atoms with Crippen LogP contribution in [0.5, 0.6) is 0 Å². The molecule has 0 amide bonds. The molecule has 0 saturated carbocycles. The minimum absolute atomic E-state index is 0.0141. The zero-order valence-corrected chi connectivity index (χ0v) is 10.7. The number of aryl methyl sites for hydroxylation is 1. The summed E-state index contributed by atoms with van der Waals surface area (Å²) in [5, 5.41) is 19.9. The summed E-state index contributed by atoms with van der Waals surface area (Å²) in [7, 11) is 0. The molecule has 1 aromatic rings. The van der Waals surface area contributed by atoms with Crippen molar-refractivity contribution in [2.75, 3.05) is 18.0 Å². The predicted octanol–water partition coefficient (Wildman–Crippen LogP) is 1.46. The molecule has 7 nitrogen and oxygen atoms in total. The molecule has 7 heteroatoms. The lowest BCUT2D eigenvalue weighted by Gasteiger charge is -2.41. The first kappa shape index (κ1) is 13.3. The van der Waals surface area contributed by atoms with E-state index in [-0.39, 0.29) is 11.6 Å². The van der Waals surface area contributed by atoms with E-state index in [0.717, 1.165) is 5.56 Å². The molecule has 2 rings (SSSR count). The van der Waals surface area contributed by atoms with Crippen LogP contribution in [0.15, 0.2) is 12.3 Å². The molecule has 1 N–H and O–H groups in total. The normalized spacial score (nSPS) is 16.8. The van der Waals surface area contributed by atoms with Gasteiger partial charge in [-0.2, -0.15) is 0 Å². The first-order valence-electron chi connectivity index (χ1n) is 5.99. The van der Waals surface area contributed by atoms with E-state index in [2.05, 4.69) is 4.98 Å². The Hall–Kier alpha value is -2.18. The molecular weight excluding hydrogens is 250 g/mol. The molecule has 1 fully saturated rings. The highest BCUT2D eigenvalue weighted by atomic mass is 16.6. The Morgan fingerprint density at radius 2 is 2.26 bits per heavy atom. The van der Waals surface area contributed by atoms with Crippen LogP contribution < -0.4 is 4.90 Å². The van der Waals surface area contributed by atoms with Gasteiger partial charge >= 0.3 is 11.7 Å². The number of nitro groups is 1. The molecule has 1 saturated heterocycles. The number of aromatic nitrogens is 1. The standard InChI is InChI=1S/C12H15N3O4/c1-7-3-10(15(18)19)11(13-4-7)14-5-9(6-14)8(2)12(16)17/h3-4,8-9H,5-6H2,1-2H3,(H,16,17). The van der Waals surface area contributed by atoms with Crippen molar-refractivity contribution in [3.05, 3.63) is 27.9 Å². The zero-order valence-electron chi connectivity index (χ0n) is 10.7. The van der Waals surface area contributed by atoms with Gasteiger partial charge in [0.25, 0.3) is 0 Å². The van der Waals surface area contributed by atoms with E-state index in [0.29, 0.717) is 18.9 Å². The molecule has 0 aromatic carbocycles. The number of rotatable bonds is 4. The zero-order chi connectivity index (χ0) is 14.2. The highest BCUT2D eigenvalue weighted by molar-refractivity contribution is 5.71. The van der Waals surface area contributed by atoms with Crippen LogP contribution in [-0.2, 0) is 4.79 Å². The Labute approximate surface area is 110 Å². The van der Waals surface area contributed by atoms with Gasteiger partial charge in [-0.1, -0.05) is 6.92 Å². The lowest BCUT2D eigenvalue weighted by Crippen LogP contribution is -2.51. The molecule has 0 spiro atoms. The number of pyridine rings is 1. The molecule has 0 radical (unpaired) electrons. The summed E-state index contributed by atoms with van der Waals surface area (Å²) in [5.41, 5.74) is 0.702. The molecule has 19 heavy (non-hydrogen) atoms. The van der Waals surface area contributed by atoms with Gasteiger partial charge in [-0.25, -0.2) is 4.98 Å². The second-order valence-corrected chi connectivity index (χ2v) is 4.90. The maximum Gasteiger partial charge on any atom is 0.311 e. The molecule has 1 atom stereocenters. The van der Waals surface area contributed by atoms with E-state index in [1.165, 1.54) is 6.07 Å². The average molecular weight is 265 g/mol. The van der Waals surface area contributed by atoms with Gasteiger partial charge in [-0.3, -0.25) is 14.9 Å². The summed E-state index contributed by atoms with van der Waals surface area (Å²) in [6.45, 7) is 4.38. The maximum atomic E-state index is 11.0. The van der Waals surface area contributed by atoms with E-state index >= 15 is 0 Å². The first-order valence-corrected chi connectivity index (χ1v) is 5.99. The fourth-order valence-corrected chi connectivity index (χ4v) is 2.13. The Morgan fingerprint density at radius 1 is 1.63 bits per heavy atom. The molecule has 1 aromatic heterocycles. The molecule has 1 unspecified atom stereocenters. The van der Waals surface area contributed by atoms with Crippen molar-refractivity contribution < 1.29 is 14.8 Å². The SMILES string of the molecule is Cc1cnc(N2CC(C(C)C(=O)O)C2)c([N+](=O)[O-])c1. The van der Waals surface area contributed by atoms with Crippen molar-refractivity contribution in [1.29, 1.82) is 0 Å². The van der Waals surface area contributed by atoms with Gasteiger partial charge in [0, 0.05) is 31.3 Å². The van der Waals surface area contributed by atoms with Crippen LogP contribution in [0.1, 0.15) is 12.5 Å². The third-order valence-electron chi connectivity index (χ3n) is 3.49. The van der Waals surface area contributed by atoms with Crippen LogP contribution in [0.25, 0.3) is 0 Å². The summed E-state index contributed by atoms with van der Waals surface area (Å²) >= 11 is 0. The largest absolute Gasteiger partial charge is 0.481 e. The van der Waals surface area contributed by atoms with Crippen molar-refractivity contribution in [3.63, 3.8) is 0 Å². The number of anilines is 1. The first-order chi connectivity index (χ1) is 8.90. The number of hydrogen-bond donors (Lipinski definition) is 1. The van der Waals surface area contributed by atoms with Crippen molar-refractivity contribution in [1.82, 2.24) is 4.98 Å². The topological polar surface area (TPSA) is 96.6 Å². The van der Waals surface area contributed by atoms with Gasteiger partial charge in [-0.15, -0.1) is 0 Å². The van der Waals surface area contributed by atoms with Gasteiger partial charge in [0.1, 0.15) is 0 Å². The van der Waals surface area contributed by atoms with E-state index in [9.17, 15) is 14.9 Å². The summed E-state index contributed by atoms with van der Waals surface area (Å²) in [6.07, 6.45) is 1.58. The minimum Gasteiger partial charge on any atom is -0.481 e. The van der Waals surface area contributed by atoms with Gasteiger partial charge < -0.3 is 10.0 Å². The van der Waals surface area contributed by atoms with Gasteiger partial charge in [-0.05, 0) is 12.5 Å². The van der Waals surface area contributed by atoms with Gasteiger partial charge in [0.15, 0.2) is 0 Å². The smallest absolute Gasteiger partial charge is 0.311 e. The second-order valence-electron chi connectivity index (χ2n) is 4.90. The number of nitrogens with zero attached hydrogens (tertiary/aromatic N) is 3. The molecule has 102 valence electrons. The quantitative estimate of drug-likeness (QED) is 0.653. The number of hydrogen-bond acceptors (Lipinski definition) is 5. The lowest BCUT2D eigenvalue weighted by molar-refractivity contribution is -0.384. The van der Waals surface area contributed by atoms with Crippen molar-refractivity contribution in [2.45, 2.75) is 13.8 Å². The number of carbonyl (C=O) groups is 1. The van der Waals surface area contributed by atoms with Crippen LogP contribution in [0.2, 0.25) is 0 Å². The lowest BCUT2D eigenvalue weighted by atomic mass is 9.87. The molecular formula is C12H15N3O4.